The molecule has 2 heterocycles. The molecule has 7 nitrogen and oxygen atoms in total. The van der Waals surface area contributed by atoms with Gasteiger partial charge in [0.05, 0.1) is 16.2 Å². The fraction of sp³-hybridized carbons (Fsp3) is 0.133. The van der Waals surface area contributed by atoms with Gasteiger partial charge in [0.2, 0.25) is 11.4 Å². The maximum atomic E-state index is 13.0. The molecule has 0 bridgehead atoms. The highest BCUT2D eigenvalue weighted by molar-refractivity contribution is 7.98. The minimum atomic E-state index is -4.78. The van der Waals surface area contributed by atoms with Crippen LogP contribution in [0.15, 0.2) is 40.2 Å². The van der Waals surface area contributed by atoms with Crippen molar-refractivity contribution in [1.29, 1.82) is 5.26 Å². The Kier molecular flexibility index (Phi) is 4.77. The lowest BCUT2D eigenvalue weighted by Gasteiger charge is -2.11. The number of nitrogens with one attached hydrogen (secondary N) is 2. The van der Waals surface area contributed by atoms with Crippen LogP contribution in [0.1, 0.15) is 16.7 Å². The summed E-state index contributed by atoms with van der Waals surface area (Å²) in [6, 6.07) is 8.91. The average molecular weight is 378 g/mol. The number of pyridine rings is 1. The molecule has 0 spiro atoms. The zero-order valence-corrected chi connectivity index (χ0v) is 13.6. The lowest BCUT2D eigenvalue weighted by atomic mass is 10.1. The van der Waals surface area contributed by atoms with E-state index in [1.165, 1.54) is 6.07 Å². The largest absolute Gasteiger partial charge is 0.417 e. The first kappa shape index (κ1) is 17.7. The maximum Gasteiger partial charge on any atom is 0.417 e. The van der Waals surface area contributed by atoms with Gasteiger partial charge in [-0.3, -0.25) is 4.79 Å². The molecule has 0 saturated carbocycles. The molecule has 0 fully saturated rings. The molecule has 0 saturated heterocycles. The maximum absolute atomic E-state index is 13.0. The van der Waals surface area contributed by atoms with E-state index < -0.39 is 22.9 Å². The van der Waals surface area contributed by atoms with Crippen molar-refractivity contribution in [3.8, 4) is 17.5 Å². The summed E-state index contributed by atoms with van der Waals surface area (Å²) in [5, 5.41) is 22.5. The van der Waals surface area contributed by atoms with Crippen molar-refractivity contribution in [2.75, 3.05) is 0 Å². The predicted octanol–water partition coefficient (Wildman–Crippen LogP) is 2.74. The Morgan fingerprint density at radius 1 is 1.27 bits per heavy atom. The van der Waals surface area contributed by atoms with Crippen molar-refractivity contribution in [2.24, 2.45) is 0 Å². The number of tetrazole rings is 1. The Morgan fingerprint density at radius 2 is 2.08 bits per heavy atom. The topological polar surface area (TPSA) is 111 Å². The molecular weight excluding hydrogens is 369 g/mol. The highest BCUT2D eigenvalue weighted by Gasteiger charge is 2.35. The molecule has 1 aromatic carbocycles. The summed E-state index contributed by atoms with van der Waals surface area (Å²) in [6.45, 7) is 0. The van der Waals surface area contributed by atoms with Crippen molar-refractivity contribution < 1.29 is 13.2 Å². The van der Waals surface area contributed by atoms with Crippen LogP contribution in [0.3, 0.4) is 0 Å². The summed E-state index contributed by atoms with van der Waals surface area (Å²) >= 11 is 0.933. The van der Waals surface area contributed by atoms with Crippen LogP contribution < -0.4 is 5.56 Å². The molecule has 3 rings (SSSR count). The second-order valence-electron chi connectivity index (χ2n) is 5.09. The van der Waals surface area contributed by atoms with Gasteiger partial charge in [-0.1, -0.05) is 18.2 Å². The zero-order chi connectivity index (χ0) is 18.7. The monoisotopic (exact) mass is 378 g/mol. The number of hydrogen-bond donors (Lipinski definition) is 2. The van der Waals surface area contributed by atoms with E-state index in [1.807, 2.05) is 0 Å². The fourth-order valence-electron chi connectivity index (χ4n) is 2.22. The third-order valence-electron chi connectivity index (χ3n) is 3.34. The van der Waals surface area contributed by atoms with Crippen molar-refractivity contribution in [3.05, 3.63) is 57.4 Å². The van der Waals surface area contributed by atoms with Gasteiger partial charge in [-0.05, 0) is 16.8 Å². The van der Waals surface area contributed by atoms with Crippen LogP contribution in [0.2, 0.25) is 0 Å². The van der Waals surface area contributed by atoms with Gasteiger partial charge in [0.1, 0.15) is 6.07 Å². The highest BCUT2D eigenvalue weighted by Crippen LogP contribution is 2.35. The molecule has 0 atom stereocenters. The summed E-state index contributed by atoms with van der Waals surface area (Å²) in [6.07, 6.45) is -4.78. The first-order chi connectivity index (χ1) is 12.4. The minimum Gasteiger partial charge on any atom is -0.316 e. The smallest absolute Gasteiger partial charge is 0.316 e. The lowest BCUT2D eigenvalue weighted by molar-refractivity contribution is -0.138. The van der Waals surface area contributed by atoms with Gasteiger partial charge in [0.15, 0.2) is 0 Å². The second kappa shape index (κ2) is 7.01. The number of aromatic nitrogens is 5. The number of nitrogens with zero attached hydrogens (tertiary/aromatic N) is 4. The van der Waals surface area contributed by atoms with Gasteiger partial charge < -0.3 is 4.98 Å². The molecule has 132 valence electrons. The van der Waals surface area contributed by atoms with E-state index in [0.29, 0.717) is 17.5 Å². The van der Waals surface area contributed by atoms with E-state index in [0.717, 1.165) is 17.3 Å². The molecule has 0 radical (unpaired) electrons. The number of H-pyrrole nitrogens is 2. The first-order valence-corrected chi connectivity index (χ1v) is 8.07. The summed E-state index contributed by atoms with van der Waals surface area (Å²) in [4.78, 5) is 13.8. The van der Waals surface area contributed by atoms with E-state index in [1.54, 1.807) is 24.3 Å². The molecule has 0 unspecified atom stereocenters. The van der Waals surface area contributed by atoms with Crippen molar-refractivity contribution in [1.82, 2.24) is 25.6 Å². The van der Waals surface area contributed by atoms with Gasteiger partial charge in [-0.15, -0.1) is 22.0 Å². The van der Waals surface area contributed by atoms with Crippen LogP contribution in [0.4, 0.5) is 13.2 Å². The summed E-state index contributed by atoms with van der Waals surface area (Å²) in [5.41, 5.74) is -1.34. The predicted molar refractivity (Wildman–Crippen MR) is 86.0 cm³/mol. The number of hydrogen-bond acceptors (Lipinski definition) is 6. The first-order valence-electron chi connectivity index (χ1n) is 7.08. The summed E-state index contributed by atoms with van der Waals surface area (Å²) in [7, 11) is 0. The van der Waals surface area contributed by atoms with Crippen LogP contribution in [-0.2, 0) is 11.9 Å². The average Bonchev–Trinajstić information content (AvgIpc) is 3.13. The number of thioether (sulfide) groups is 1. The molecule has 0 amide bonds. The molecule has 26 heavy (non-hydrogen) atoms. The third kappa shape index (κ3) is 3.75. The Morgan fingerprint density at radius 3 is 2.73 bits per heavy atom. The van der Waals surface area contributed by atoms with Gasteiger partial charge in [-0.25, -0.2) is 0 Å². The number of benzene rings is 1. The third-order valence-corrected chi connectivity index (χ3v) is 4.41. The zero-order valence-electron chi connectivity index (χ0n) is 12.8. The van der Waals surface area contributed by atoms with Crippen LogP contribution in [0.25, 0.3) is 11.4 Å². The lowest BCUT2D eigenvalue weighted by Crippen LogP contribution is -2.17. The van der Waals surface area contributed by atoms with E-state index in [9.17, 15) is 18.0 Å². The summed E-state index contributed by atoms with van der Waals surface area (Å²) in [5.74, 6) is 0.611. The standard InChI is InChI=1S/C15H9F3N6OS/c16-15(17,18)11-5-12(25)20-14(10(11)6-19)26-7-8-2-1-3-9(4-8)13-21-23-24-22-13/h1-5H,7H2,(H,20,25)(H,21,22,23,24). The Hall–Kier alpha value is -3.13. The highest BCUT2D eigenvalue weighted by atomic mass is 32.2. The van der Waals surface area contributed by atoms with Gasteiger partial charge in [0, 0.05) is 17.4 Å². The molecule has 0 aliphatic carbocycles. The molecule has 2 aromatic heterocycles. The van der Waals surface area contributed by atoms with Crippen LogP contribution >= 0.6 is 11.8 Å². The van der Waals surface area contributed by atoms with Crippen molar-refractivity contribution in [2.45, 2.75) is 17.0 Å². The van der Waals surface area contributed by atoms with Crippen LogP contribution in [0, 0.1) is 11.3 Å². The van der Waals surface area contributed by atoms with Gasteiger partial charge in [-0.2, -0.15) is 23.6 Å². The van der Waals surface area contributed by atoms with Gasteiger partial charge in [0.25, 0.3) is 0 Å². The van der Waals surface area contributed by atoms with Crippen molar-refractivity contribution >= 4 is 11.8 Å². The molecular formula is C15H9F3N6OS. The molecule has 0 aliphatic rings. The van der Waals surface area contributed by atoms with E-state index >= 15 is 0 Å². The minimum absolute atomic E-state index is 0.128. The molecule has 0 aliphatic heterocycles. The van der Waals surface area contributed by atoms with Crippen molar-refractivity contribution in [3.63, 3.8) is 0 Å². The molecule has 3 aromatic rings. The van der Waals surface area contributed by atoms with Crippen LogP contribution in [-0.4, -0.2) is 25.6 Å². The number of alkyl halides is 3. The number of nitriles is 1. The van der Waals surface area contributed by atoms with Crippen LogP contribution in [0.5, 0.6) is 0 Å². The van der Waals surface area contributed by atoms with E-state index in [4.69, 9.17) is 5.26 Å². The van der Waals surface area contributed by atoms with E-state index in [2.05, 4.69) is 25.6 Å². The Balaban J connectivity index is 1.89. The number of rotatable bonds is 4. The molecule has 11 heteroatoms. The van der Waals surface area contributed by atoms with E-state index in [-0.39, 0.29) is 10.8 Å². The molecule has 2 N–H and O–H groups in total. The Labute approximate surface area is 148 Å². The SMILES string of the molecule is N#Cc1c(C(F)(F)F)cc(=O)[nH]c1SCc1cccc(-c2nn[nH]n2)c1. The Bertz CT molecular complexity index is 1020. The fourth-order valence-corrected chi connectivity index (χ4v) is 3.18. The normalized spacial score (nSPS) is 11.3. The quantitative estimate of drug-likeness (QED) is 0.676. The summed E-state index contributed by atoms with van der Waals surface area (Å²) < 4.78 is 39.1. The number of aromatic amines is 2. The van der Waals surface area contributed by atoms with Gasteiger partial charge >= 0.3 is 6.18 Å². The number of halogens is 3. The second-order valence-corrected chi connectivity index (χ2v) is 6.07.